The molecule has 1 heterocycles. The fourth-order valence-electron chi connectivity index (χ4n) is 7.80. The third-order valence-electron chi connectivity index (χ3n) is 10.2. The van der Waals surface area contributed by atoms with Gasteiger partial charge >= 0.3 is 0 Å². The van der Waals surface area contributed by atoms with Crippen molar-refractivity contribution in [2.24, 2.45) is 0 Å². The first-order valence-electron chi connectivity index (χ1n) is 17.5. The van der Waals surface area contributed by atoms with E-state index in [1.165, 1.54) is 65.7 Å². The molecule has 2 nitrogen and oxygen atoms in total. The lowest BCUT2D eigenvalue weighted by atomic mass is 9.84. The van der Waals surface area contributed by atoms with Crippen molar-refractivity contribution >= 4 is 43.4 Å². The Morgan fingerprint density at radius 3 is 1.67 bits per heavy atom. The van der Waals surface area contributed by atoms with E-state index in [0.717, 1.165) is 28.1 Å². The predicted molar refractivity (Wildman–Crippen MR) is 215 cm³/mol. The van der Waals surface area contributed by atoms with E-state index in [4.69, 9.17) is 4.98 Å². The van der Waals surface area contributed by atoms with E-state index >= 15 is 0 Å². The van der Waals surface area contributed by atoms with Crippen LogP contribution in [0.5, 0.6) is 0 Å². The van der Waals surface area contributed by atoms with Crippen LogP contribution in [-0.2, 0) is 0 Å². The van der Waals surface area contributed by atoms with Gasteiger partial charge in [-0.05, 0) is 102 Å². The molecule has 51 heavy (non-hydrogen) atoms. The maximum absolute atomic E-state index is 5.05. The van der Waals surface area contributed by atoms with Gasteiger partial charge in [-0.15, -0.1) is 0 Å². The summed E-state index contributed by atoms with van der Waals surface area (Å²) in [5, 5.41) is 7.51. The minimum Gasteiger partial charge on any atom is -0.292 e. The van der Waals surface area contributed by atoms with Crippen molar-refractivity contribution in [3.63, 3.8) is 0 Å². The lowest BCUT2D eigenvalue weighted by molar-refractivity contribution is 1.10. The minimum absolute atomic E-state index is 0.941. The molecule has 2 heteroatoms. The van der Waals surface area contributed by atoms with E-state index in [1.54, 1.807) is 0 Å². The molecule has 10 rings (SSSR count). The van der Waals surface area contributed by atoms with Crippen LogP contribution in [0, 0.1) is 0 Å². The molecule has 0 fully saturated rings. The second-order valence-electron chi connectivity index (χ2n) is 13.2. The number of nitrogens with zero attached hydrogens (tertiary/aromatic N) is 2. The summed E-state index contributed by atoms with van der Waals surface area (Å²) in [5.74, 6) is 0.941. The number of para-hydroxylation sites is 2. The highest BCUT2D eigenvalue weighted by atomic mass is 15.1. The van der Waals surface area contributed by atoms with Crippen molar-refractivity contribution in [2.75, 3.05) is 0 Å². The van der Waals surface area contributed by atoms with Crippen molar-refractivity contribution in [3.8, 4) is 50.5 Å². The van der Waals surface area contributed by atoms with E-state index in [0.29, 0.717) is 0 Å². The number of rotatable bonds is 5. The van der Waals surface area contributed by atoms with Gasteiger partial charge in [-0.3, -0.25) is 4.57 Å². The number of hydrogen-bond donors (Lipinski definition) is 0. The summed E-state index contributed by atoms with van der Waals surface area (Å²) in [5.41, 5.74) is 11.6. The predicted octanol–water partition coefficient (Wildman–Crippen LogP) is 13.2. The molecule has 0 atom stereocenters. The molecule has 0 N–H and O–H groups in total. The van der Waals surface area contributed by atoms with E-state index in [2.05, 4.69) is 193 Å². The Balaban J connectivity index is 1.17. The summed E-state index contributed by atoms with van der Waals surface area (Å²) in [6.45, 7) is 0. The lowest BCUT2D eigenvalue weighted by Crippen LogP contribution is -1.97. The molecule has 0 bridgehead atoms. The van der Waals surface area contributed by atoms with Gasteiger partial charge < -0.3 is 0 Å². The fourth-order valence-corrected chi connectivity index (χ4v) is 7.80. The number of hydrogen-bond acceptors (Lipinski definition) is 1. The fraction of sp³-hybridized carbons (Fsp3) is 0. The standard InChI is InChI=1S/C49H32N2/c1-3-14-35(15-4-1)47-41-19-9-10-20-42(41)48(39-24-23-33-13-7-8-18-37(33)31-39)43-30-27-38(32-44(43)47)34-25-28-40(29-26-34)51-46-22-12-11-21-45(46)50-49(51)36-16-5-2-6-17-36/h1-32H. The van der Waals surface area contributed by atoms with Crippen LogP contribution in [0.2, 0.25) is 0 Å². The number of aromatic nitrogens is 2. The first-order valence-corrected chi connectivity index (χ1v) is 17.5. The van der Waals surface area contributed by atoms with Crippen LogP contribution < -0.4 is 0 Å². The van der Waals surface area contributed by atoms with Gasteiger partial charge in [-0.25, -0.2) is 4.98 Å². The van der Waals surface area contributed by atoms with Crippen molar-refractivity contribution < 1.29 is 0 Å². The van der Waals surface area contributed by atoms with Crippen molar-refractivity contribution in [1.29, 1.82) is 0 Å². The van der Waals surface area contributed by atoms with Gasteiger partial charge in [0.05, 0.1) is 11.0 Å². The monoisotopic (exact) mass is 648 g/mol. The molecular weight excluding hydrogens is 617 g/mol. The Hall–Kier alpha value is -6.77. The Bertz CT molecular complexity index is 2880. The highest BCUT2D eigenvalue weighted by Crippen LogP contribution is 2.45. The Morgan fingerprint density at radius 2 is 0.902 bits per heavy atom. The van der Waals surface area contributed by atoms with Gasteiger partial charge in [-0.1, -0.05) is 158 Å². The maximum Gasteiger partial charge on any atom is 0.145 e. The molecule has 0 amide bonds. The van der Waals surface area contributed by atoms with Crippen LogP contribution in [0.3, 0.4) is 0 Å². The van der Waals surface area contributed by atoms with Crippen molar-refractivity contribution in [3.05, 3.63) is 194 Å². The average Bonchev–Trinajstić information content (AvgIpc) is 3.60. The molecule has 0 saturated carbocycles. The van der Waals surface area contributed by atoms with E-state index in [1.807, 2.05) is 6.07 Å². The van der Waals surface area contributed by atoms with Crippen LogP contribution in [-0.4, -0.2) is 9.55 Å². The topological polar surface area (TPSA) is 17.8 Å². The number of benzene rings is 9. The minimum atomic E-state index is 0.941. The normalized spacial score (nSPS) is 11.5. The first-order chi connectivity index (χ1) is 25.3. The van der Waals surface area contributed by atoms with Crippen LogP contribution in [0.15, 0.2) is 194 Å². The zero-order valence-corrected chi connectivity index (χ0v) is 27.9. The molecule has 0 unspecified atom stereocenters. The molecule has 0 spiro atoms. The second-order valence-corrected chi connectivity index (χ2v) is 13.2. The number of imidazole rings is 1. The van der Waals surface area contributed by atoms with Crippen molar-refractivity contribution in [1.82, 2.24) is 9.55 Å². The Kier molecular flexibility index (Phi) is 6.85. The number of fused-ring (bicyclic) bond motifs is 4. The summed E-state index contributed by atoms with van der Waals surface area (Å²) in [6.07, 6.45) is 0. The van der Waals surface area contributed by atoms with Gasteiger partial charge in [0.15, 0.2) is 0 Å². The largest absolute Gasteiger partial charge is 0.292 e. The molecule has 0 saturated heterocycles. The van der Waals surface area contributed by atoms with E-state index < -0.39 is 0 Å². The van der Waals surface area contributed by atoms with E-state index in [9.17, 15) is 0 Å². The average molecular weight is 649 g/mol. The summed E-state index contributed by atoms with van der Waals surface area (Å²) < 4.78 is 2.27. The maximum atomic E-state index is 5.05. The Morgan fingerprint density at radius 1 is 0.333 bits per heavy atom. The van der Waals surface area contributed by atoms with Gasteiger partial charge in [0.25, 0.3) is 0 Å². The molecule has 0 aliphatic heterocycles. The smallest absolute Gasteiger partial charge is 0.145 e. The molecule has 0 aliphatic rings. The summed E-state index contributed by atoms with van der Waals surface area (Å²) >= 11 is 0. The quantitative estimate of drug-likeness (QED) is 0.170. The highest BCUT2D eigenvalue weighted by molar-refractivity contribution is 6.22. The van der Waals surface area contributed by atoms with Gasteiger partial charge in [-0.2, -0.15) is 0 Å². The van der Waals surface area contributed by atoms with Gasteiger partial charge in [0, 0.05) is 11.3 Å². The third-order valence-corrected chi connectivity index (χ3v) is 10.2. The van der Waals surface area contributed by atoms with E-state index in [-0.39, 0.29) is 0 Å². The summed E-state index contributed by atoms with van der Waals surface area (Å²) in [7, 11) is 0. The zero-order chi connectivity index (χ0) is 33.7. The third kappa shape index (κ3) is 4.92. The van der Waals surface area contributed by atoms with Gasteiger partial charge in [0.1, 0.15) is 5.82 Å². The summed E-state index contributed by atoms with van der Waals surface area (Å²) in [4.78, 5) is 5.05. The van der Waals surface area contributed by atoms with Crippen LogP contribution in [0.4, 0.5) is 0 Å². The Labute approximate surface area is 296 Å². The van der Waals surface area contributed by atoms with Crippen LogP contribution in [0.1, 0.15) is 0 Å². The summed E-state index contributed by atoms with van der Waals surface area (Å²) in [6, 6.07) is 70.0. The molecule has 0 radical (unpaired) electrons. The molecule has 238 valence electrons. The molecule has 0 aliphatic carbocycles. The molecule has 1 aromatic heterocycles. The van der Waals surface area contributed by atoms with Crippen LogP contribution >= 0.6 is 0 Å². The molecule has 9 aromatic carbocycles. The molecular formula is C49H32N2. The van der Waals surface area contributed by atoms with Gasteiger partial charge in [0.2, 0.25) is 0 Å². The van der Waals surface area contributed by atoms with Crippen molar-refractivity contribution in [2.45, 2.75) is 0 Å². The SMILES string of the molecule is c1ccc(-c2c3ccccc3c(-c3ccc4ccccc4c3)c3ccc(-c4ccc(-n5c(-c6ccccc6)nc6ccccc65)cc4)cc23)cc1. The van der Waals surface area contributed by atoms with Crippen LogP contribution in [0.25, 0.3) is 93.8 Å². The second kappa shape index (κ2) is 12.0. The zero-order valence-electron chi connectivity index (χ0n) is 27.9. The molecule has 10 aromatic rings. The lowest BCUT2D eigenvalue weighted by Gasteiger charge is -2.19. The first kappa shape index (κ1) is 29.2. The highest BCUT2D eigenvalue weighted by Gasteiger charge is 2.18.